The number of nitrogens with zero attached hydrogens (tertiary/aromatic N) is 1. The molecule has 1 aromatic rings. The van der Waals surface area contributed by atoms with Crippen molar-refractivity contribution in [1.29, 1.82) is 0 Å². The van der Waals surface area contributed by atoms with Crippen molar-refractivity contribution in [1.82, 2.24) is 0 Å². The monoisotopic (exact) mass is 162 g/mol. The zero-order valence-corrected chi connectivity index (χ0v) is 6.62. The minimum Gasteiger partial charge on any atom is -0.395 e. The summed E-state index contributed by atoms with van der Waals surface area (Å²) in [6.45, 7) is 7.37. The van der Waals surface area contributed by atoms with E-state index in [0.29, 0.717) is 12.2 Å². The van der Waals surface area contributed by atoms with Gasteiger partial charge in [0.05, 0.1) is 13.2 Å². The second kappa shape index (κ2) is 4.37. The highest BCUT2D eigenvalue weighted by molar-refractivity contribution is 5.53. The van der Waals surface area contributed by atoms with Crippen molar-refractivity contribution in [2.75, 3.05) is 18.5 Å². The summed E-state index contributed by atoms with van der Waals surface area (Å²) >= 11 is 0. The maximum Gasteiger partial charge on any atom is 0.187 e. The lowest BCUT2D eigenvalue weighted by atomic mass is 10.3. The van der Waals surface area contributed by atoms with Crippen LogP contribution in [0.1, 0.15) is 0 Å². The van der Waals surface area contributed by atoms with Crippen LogP contribution in [-0.4, -0.2) is 18.3 Å². The Morgan fingerprint density at radius 3 is 2.50 bits per heavy atom. The molecule has 0 saturated carbocycles. The molecular formula is C9H10N2O. The quantitative estimate of drug-likeness (QED) is 0.663. The van der Waals surface area contributed by atoms with Gasteiger partial charge in [0.25, 0.3) is 0 Å². The minimum atomic E-state index is 0.116. The van der Waals surface area contributed by atoms with E-state index >= 15 is 0 Å². The molecule has 0 fully saturated rings. The number of hydrogen-bond acceptors (Lipinski definition) is 2. The Labute approximate surface area is 71.5 Å². The van der Waals surface area contributed by atoms with E-state index in [4.69, 9.17) is 11.7 Å². The Morgan fingerprint density at radius 1 is 1.33 bits per heavy atom. The fourth-order valence-corrected chi connectivity index (χ4v) is 0.854. The summed E-state index contributed by atoms with van der Waals surface area (Å²) in [5, 5.41) is 11.5. The highest BCUT2D eigenvalue weighted by atomic mass is 16.3. The van der Waals surface area contributed by atoms with Gasteiger partial charge in [0.2, 0.25) is 0 Å². The zero-order chi connectivity index (χ0) is 8.81. The van der Waals surface area contributed by atoms with Crippen LogP contribution in [0, 0.1) is 6.57 Å². The average molecular weight is 162 g/mol. The Balaban J connectivity index is 2.60. The smallest absolute Gasteiger partial charge is 0.187 e. The van der Waals surface area contributed by atoms with Gasteiger partial charge < -0.3 is 10.4 Å². The first-order valence-corrected chi connectivity index (χ1v) is 3.69. The van der Waals surface area contributed by atoms with E-state index in [1.54, 1.807) is 12.1 Å². The molecule has 0 spiro atoms. The van der Waals surface area contributed by atoms with E-state index in [9.17, 15) is 0 Å². The molecule has 2 N–H and O–H groups in total. The van der Waals surface area contributed by atoms with Gasteiger partial charge in [0, 0.05) is 12.2 Å². The summed E-state index contributed by atoms with van der Waals surface area (Å²) in [6.07, 6.45) is 0. The van der Waals surface area contributed by atoms with Gasteiger partial charge in [-0.05, 0) is 12.1 Å². The first-order valence-electron chi connectivity index (χ1n) is 3.69. The van der Waals surface area contributed by atoms with Crippen molar-refractivity contribution < 1.29 is 5.11 Å². The van der Waals surface area contributed by atoms with Gasteiger partial charge in [-0.15, -0.1) is 0 Å². The lowest BCUT2D eigenvalue weighted by Crippen LogP contribution is -2.04. The van der Waals surface area contributed by atoms with Crippen LogP contribution in [0.25, 0.3) is 4.85 Å². The van der Waals surface area contributed by atoms with Crippen LogP contribution in [0.2, 0.25) is 0 Å². The summed E-state index contributed by atoms with van der Waals surface area (Å²) in [5.74, 6) is 0. The van der Waals surface area contributed by atoms with Gasteiger partial charge in [-0.3, -0.25) is 0 Å². The molecule has 62 valence electrons. The second-order valence-corrected chi connectivity index (χ2v) is 2.31. The Bertz CT molecular complexity index is 274. The maximum absolute atomic E-state index is 8.52. The van der Waals surface area contributed by atoms with Crippen LogP contribution in [-0.2, 0) is 0 Å². The van der Waals surface area contributed by atoms with E-state index in [-0.39, 0.29) is 6.61 Å². The second-order valence-electron chi connectivity index (χ2n) is 2.31. The fraction of sp³-hybridized carbons (Fsp3) is 0.222. The predicted molar refractivity (Wildman–Crippen MR) is 48.3 cm³/mol. The summed E-state index contributed by atoms with van der Waals surface area (Å²) in [6, 6.07) is 7.13. The third-order valence-corrected chi connectivity index (χ3v) is 1.44. The first kappa shape index (κ1) is 8.57. The van der Waals surface area contributed by atoms with E-state index < -0.39 is 0 Å². The van der Waals surface area contributed by atoms with Crippen LogP contribution in [0.3, 0.4) is 0 Å². The molecule has 0 bridgehead atoms. The predicted octanol–water partition coefficient (Wildman–Crippen LogP) is 1.64. The summed E-state index contributed by atoms with van der Waals surface area (Å²) in [4.78, 5) is 3.26. The topological polar surface area (TPSA) is 36.6 Å². The number of aliphatic hydroxyl groups is 1. The molecule has 0 heterocycles. The standard InChI is InChI=1S/C9H10N2O/c1-10-8-2-4-9(5-3-8)11-6-7-12/h2-5,11-12H,6-7H2. The number of anilines is 1. The largest absolute Gasteiger partial charge is 0.395 e. The molecule has 0 aliphatic rings. The molecule has 3 nitrogen and oxygen atoms in total. The number of rotatable bonds is 3. The Kier molecular flexibility index (Phi) is 3.12. The van der Waals surface area contributed by atoms with Crippen molar-refractivity contribution in [2.24, 2.45) is 0 Å². The van der Waals surface area contributed by atoms with Gasteiger partial charge in [0.1, 0.15) is 0 Å². The third-order valence-electron chi connectivity index (χ3n) is 1.44. The molecule has 1 aromatic carbocycles. The number of nitrogens with one attached hydrogen (secondary N) is 1. The van der Waals surface area contributed by atoms with Gasteiger partial charge in [-0.25, -0.2) is 4.85 Å². The lowest BCUT2D eigenvalue weighted by molar-refractivity contribution is 0.311. The van der Waals surface area contributed by atoms with Gasteiger partial charge in [0.15, 0.2) is 5.69 Å². The van der Waals surface area contributed by atoms with Crippen molar-refractivity contribution in [3.63, 3.8) is 0 Å². The van der Waals surface area contributed by atoms with Crippen molar-refractivity contribution in [3.05, 3.63) is 35.7 Å². The number of benzene rings is 1. The lowest BCUT2D eigenvalue weighted by Gasteiger charge is -2.02. The normalized spacial score (nSPS) is 9.00. The van der Waals surface area contributed by atoms with Crippen molar-refractivity contribution >= 4 is 11.4 Å². The summed E-state index contributed by atoms with van der Waals surface area (Å²) < 4.78 is 0. The van der Waals surface area contributed by atoms with Crippen LogP contribution in [0.5, 0.6) is 0 Å². The highest BCUT2D eigenvalue weighted by Gasteiger charge is 1.90. The van der Waals surface area contributed by atoms with Crippen LogP contribution in [0.4, 0.5) is 11.4 Å². The van der Waals surface area contributed by atoms with Crippen LogP contribution in [0.15, 0.2) is 24.3 Å². The first-order chi connectivity index (χ1) is 5.86. The number of hydrogen-bond donors (Lipinski definition) is 2. The summed E-state index contributed by atoms with van der Waals surface area (Å²) in [5.41, 5.74) is 1.56. The van der Waals surface area contributed by atoms with E-state index in [1.807, 2.05) is 12.1 Å². The Morgan fingerprint density at radius 2 is 2.00 bits per heavy atom. The van der Waals surface area contributed by atoms with Crippen molar-refractivity contribution in [3.8, 4) is 0 Å². The molecular weight excluding hydrogens is 152 g/mol. The van der Waals surface area contributed by atoms with E-state index in [0.717, 1.165) is 5.69 Å². The van der Waals surface area contributed by atoms with Crippen molar-refractivity contribution in [2.45, 2.75) is 0 Å². The van der Waals surface area contributed by atoms with E-state index in [1.165, 1.54) is 0 Å². The molecule has 0 aliphatic carbocycles. The van der Waals surface area contributed by atoms with Gasteiger partial charge in [-0.2, -0.15) is 0 Å². The number of aliphatic hydroxyl groups excluding tert-OH is 1. The molecule has 0 amide bonds. The highest BCUT2D eigenvalue weighted by Crippen LogP contribution is 2.15. The van der Waals surface area contributed by atoms with Gasteiger partial charge in [-0.1, -0.05) is 12.1 Å². The Hall–Kier alpha value is -1.53. The molecule has 0 aliphatic heterocycles. The maximum atomic E-state index is 8.52. The zero-order valence-electron chi connectivity index (χ0n) is 6.62. The molecule has 3 heteroatoms. The van der Waals surface area contributed by atoms with Crippen LogP contribution >= 0.6 is 0 Å². The molecule has 1 rings (SSSR count). The molecule has 0 atom stereocenters. The molecule has 12 heavy (non-hydrogen) atoms. The van der Waals surface area contributed by atoms with Crippen LogP contribution < -0.4 is 5.32 Å². The molecule has 0 saturated heterocycles. The molecule has 0 radical (unpaired) electrons. The fourth-order valence-electron chi connectivity index (χ4n) is 0.854. The third kappa shape index (κ3) is 2.26. The van der Waals surface area contributed by atoms with Gasteiger partial charge >= 0.3 is 0 Å². The SMILES string of the molecule is [C-]#[N+]c1ccc(NCCO)cc1. The van der Waals surface area contributed by atoms with E-state index in [2.05, 4.69) is 10.2 Å². The molecule has 0 unspecified atom stereocenters. The molecule has 0 aromatic heterocycles. The average Bonchev–Trinajstić information content (AvgIpc) is 2.15. The minimum absolute atomic E-state index is 0.116. The summed E-state index contributed by atoms with van der Waals surface area (Å²) in [7, 11) is 0.